The van der Waals surface area contributed by atoms with Crippen LogP contribution in [0.15, 0.2) is 62.9 Å². The van der Waals surface area contributed by atoms with Gasteiger partial charge in [-0.15, -0.1) is 0 Å². The van der Waals surface area contributed by atoms with E-state index in [0.717, 1.165) is 16.6 Å². The second-order valence-corrected chi connectivity index (χ2v) is 9.05. The Kier molecular flexibility index (Phi) is 7.15. The van der Waals surface area contributed by atoms with Crippen LogP contribution in [0.4, 0.5) is 5.69 Å². The number of ether oxygens (including phenoxy) is 1. The van der Waals surface area contributed by atoms with Gasteiger partial charge in [-0.1, -0.05) is 41.6 Å². The normalized spacial score (nSPS) is 11.5. The largest absolute Gasteiger partial charge is 0.448 e. The summed E-state index contributed by atoms with van der Waals surface area (Å²) in [7, 11) is 0. The van der Waals surface area contributed by atoms with Gasteiger partial charge in [0.2, 0.25) is 11.5 Å². The smallest absolute Gasteiger partial charge is 0.297 e. The van der Waals surface area contributed by atoms with E-state index in [-0.39, 0.29) is 28.9 Å². The molecule has 4 rings (SSSR count). The average Bonchev–Trinajstić information content (AvgIpc) is 3.17. The Morgan fingerprint density at radius 2 is 1.94 bits per heavy atom. The Balaban J connectivity index is 1.60. The Labute approximate surface area is 196 Å². The molecule has 0 radical (unpaired) electrons. The van der Waals surface area contributed by atoms with Crippen molar-refractivity contribution in [2.24, 2.45) is 0 Å². The minimum absolute atomic E-state index is 0.122. The van der Waals surface area contributed by atoms with Gasteiger partial charge in [0, 0.05) is 24.2 Å². The van der Waals surface area contributed by atoms with Crippen molar-refractivity contribution in [1.82, 2.24) is 9.55 Å². The molecule has 0 unspecified atom stereocenters. The fourth-order valence-electron chi connectivity index (χ4n) is 3.47. The molecule has 2 heterocycles. The molecule has 0 saturated heterocycles. The molecule has 0 atom stereocenters. The number of thioether (sulfide) groups is 1. The number of nitrogens with zero attached hydrogens (tertiary/aromatic N) is 2. The highest BCUT2D eigenvalue weighted by atomic mass is 32.2. The molecule has 2 aromatic heterocycles. The Bertz CT molecular complexity index is 1330. The zero-order valence-electron chi connectivity index (χ0n) is 19.0. The summed E-state index contributed by atoms with van der Waals surface area (Å²) in [4.78, 5) is 30.6. The number of hydrogen-bond acceptors (Lipinski definition) is 6. The van der Waals surface area contributed by atoms with Gasteiger partial charge >= 0.3 is 0 Å². The average molecular weight is 466 g/mol. The van der Waals surface area contributed by atoms with Crippen LogP contribution in [0.2, 0.25) is 0 Å². The van der Waals surface area contributed by atoms with Gasteiger partial charge in [-0.05, 0) is 51.5 Å². The molecule has 0 aliphatic rings. The number of anilines is 1. The predicted octanol–water partition coefficient (Wildman–Crippen LogP) is 5.00. The van der Waals surface area contributed by atoms with Crippen LogP contribution in [-0.2, 0) is 16.1 Å². The lowest BCUT2D eigenvalue weighted by atomic mass is 10.2. The molecule has 0 bridgehead atoms. The van der Waals surface area contributed by atoms with E-state index in [9.17, 15) is 9.59 Å². The number of benzene rings is 2. The van der Waals surface area contributed by atoms with Crippen molar-refractivity contribution in [1.29, 1.82) is 0 Å². The van der Waals surface area contributed by atoms with E-state index in [0.29, 0.717) is 35.8 Å². The SMILES string of the molecule is Cc1ccc(NC(=O)CSc2nc3c(oc4ccccc43)c(=O)n2CCCOC(C)C)cc1. The zero-order valence-corrected chi connectivity index (χ0v) is 19.8. The summed E-state index contributed by atoms with van der Waals surface area (Å²) in [6.45, 7) is 6.90. The van der Waals surface area contributed by atoms with Crippen LogP contribution in [0.1, 0.15) is 25.8 Å². The fraction of sp³-hybridized carbons (Fsp3) is 0.320. The summed E-state index contributed by atoms with van der Waals surface area (Å²) < 4.78 is 13.0. The summed E-state index contributed by atoms with van der Waals surface area (Å²) in [6.07, 6.45) is 0.770. The first-order valence-corrected chi connectivity index (χ1v) is 11.9. The molecule has 1 N–H and O–H groups in total. The molecule has 0 spiro atoms. The second kappa shape index (κ2) is 10.2. The van der Waals surface area contributed by atoms with Gasteiger partial charge in [0.1, 0.15) is 11.1 Å². The first-order chi connectivity index (χ1) is 15.9. The van der Waals surface area contributed by atoms with Crippen LogP contribution in [0.25, 0.3) is 22.1 Å². The number of nitrogens with one attached hydrogen (secondary N) is 1. The number of aryl methyl sites for hydroxylation is 1. The maximum atomic E-state index is 13.3. The molecule has 33 heavy (non-hydrogen) atoms. The lowest BCUT2D eigenvalue weighted by Crippen LogP contribution is -2.24. The summed E-state index contributed by atoms with van der Waals surface area (Å²) >= 11 is 1.24. The third-order valence-electron chi connectivity index (χ3n) is 5.09. The fourth-order valence-corrected chi connectivity index (χ4v) is 4.28. The van der Waals surface area contributed by atoms with Crippen LogP contribution in [-0.4, -0.2) is 33.9 Å². The van der Waals surface area contributed by atoms with Crippen molar-refractivity contribution >= 4 is 45.4 Å². The topological polar surface area (TPSA) is 86.4 Å². The van der Waals surface area contributed by atoms with Crippen molar-refractivity contribution in [3.8, 4) is 0 Å². The molecule has 2 aromatic carbocycles. The van der Waals surface area contributed by atoms with Gasteiger partial charge in [-0.2, -0.15) is 0 Å². The highest BCUT2D eigenvalue weighted by Gasteiger charge is 2.18. The maximum absolute atomic E-state index is 13.3. The number of amides is 1. The van der Waals surface area contributed by atoms with E-state index >= 15 is 0 Å². The monoisotopic (exact) mass is 465 g/mol. The number of para-hydroxylation sites is 1. The second-order valence-electron chi connectivity index (χ2n) is 8.10. The third-order valence-corrected chi connectivity index (χ3v) is 6.07. The molecule has 0 fully saturated rings. The predicted molar refractivity (Wildman–Crippen MR) is 132 cm³/mol. The molecular formula is C25H27N3O4S. The summed E-state index contributed by atoms with van der Waals surface area (Å²) in [5, 5.41) is 4.16. The highest BCUT2D eigenvalue weighted by molar-refractivity contribution is 7.99. The van der Waals surface area contributed by atoms with Crippen LogP contribution in [0.3, 0.4) is 0 Å². The molecule has 0 saturated carbocycles. The molecule has 0 aliphatic heterocycles. The van der Waals surface area contributed by atoms with Gasteiger partial charge in [-0.3, -0.25) is 14.2 Å². The van der Waals surface area contributed by atoms with Crippen molar-refractivity contribution in [2.45, 2.75) is 45.0 Å². The van der Waals surface area contributed by atoms with E-state index < -0.39 is 0 Å². The van der Waals surface area contributed by atoms with Crippen molar-refractivity contribution < 1.29 is 13.9 Å². The number of aromatic nitrogens is 2. The van der Waals surface area contributed by atoms with Gasteiger partial charge < -0.3 is 14.5 Å². The number of rotatable bonds is 9. The molecule has 4 aromatic rings. The van der Waals surface area contributed by atoms with E-state index in [1.807, 2.05) is 69.3 Å². The van der Waals surface area contributed by atoms with E-state index in [1.54, 1.807) is 4.57 Å². The third kappa shape index (κ3) is 5.46. The molecule has 7 nitrogen and oxygen atoms in total. The summed E-state index contributed by atoms with van der Waals surface area (Å²) in [5.74, 6) is -0.0330. The minimum atomic E-state index is -0.248. The number of carbonyl (C=O) groups excluding carboxylic acids is 1. The van der Waals surface area contributed by atoms with E-state index in [4.69, 9.17) is 14.1 Å². The van der Waals surface area contributed by atoms with Crippen LogP contribution in [0, 0.1) is 6.92 Å². The minimum Gasteiger partial charge on any atom is -0.448 e. The molecule has 0 aliphatic carbocycles. The van der Waals surface area contributed by atoms with Gasteiger partial charge in [0.15, 0.2) is 5.16 Å². The number of fused-ring (bicyclic) bond motifs is 3. The molecule has 8 heteroatoms. The van der Waals surface area contributed by atoms with Gasteiger partial charge in [0.25, 0.3) is 5.56 Å². The lowest BCUT2D eigenvalue weighted by Gasteiger charge is -2.13. The first-order valence-electron chi connectivity index (χ1n) is 11.0. The number of carbonyl (C=O) groups is 1. The number of hydrogen-bond donors (Lipinski definition) is 1. The lowest BCUT2D eigenvalue weighted by molar-refractivity contribution is -0.113. The quantitative estimate of drug-likeness (QED) is 0.213. The zero-order chi connectivity index (χ0) is 23.4. The Morgan fingerprint density at radius 1 is 1.18 bits per heavy atom. The highest BCUT2D eigenvalue weighted by Crippen LogP contribution is 2.27. The standard InChI is InChI=1S/C25H27N3O4S/c1-16(2)31-14-6-13-28-24(30)23-22(19-7-4-5-8-20(19)32-23)27-25(28)33-15-21(29)26-18-11-9-17(3)10-12-18/h4-5,7-12,16H,6,13-15H2,1-3H3,(H,26,29). The van der Waals surface area contributed by atoms with E-state index in [1.165, 1.54) is 11.8 Å². The van der Waals surface area contributed by atoms with E-state index in [2.05, 4.69) is 5.32 Å². The van der Waals surface area contributed by atoms with Gasteiger partial charge in [-0.25, -0.2) is 4.98 Å². The van der Waals surface area contributed by atoms with Crippen molar-refractivity contribution in [3.05, 3.63) is 64.4 Å². The molecule has 172 valence electrons. The van der Waals surface area contributed by atoms with Crippen molar-refractivity contribution in [2.75, 3.05) is 17.7 Å². The first kappa shape index (κ1) is 23.1. The van der Waals surface area contributed by atoms with Crippen LogP contribution in [0.5, 0.6) is 0 Å². The Morgan fingerprint density at radius 3 is 2.70 bits per heavy atom. The van der Waals surface area contributed by atoms with Crippen LogP contribution < -0.4 is 10.9 Å². The molecular weight excluding hydrogens is 438 g/mol. The summed E-state index contributed by atoms with van der Waals surface area (Å²) in [6, 6.07) is 15.1. The molecule has 1 amide bonds. The van der Waals surface area contributed by atoms with Crippen LogP contribution >= 0.6 is 11.8 Å². The summed E-state index contributed by atoms with van der Waals surface area (Å²) in [5.41, 5.74) is 2.98. The Hall–Kier alpha value is -3.10. The van der Waals surface area contributed by atoms with Gasteiger partial charge in [0.05, 0.1) is 11.9 Å². The number of furan rings is 1. The maximum Gasteiger partial charge on any atom is 0.297 e. The van der Waals surface area contributed by atoms with Crippen molar-refractivity contribution in [3.63, 3.8) is 0 Å².